The summed E-state index contributed by atoms with van der Waals surface area (Å²) < 4.78 is 4.91. The lowest BCUT2D eigenvalue weighted by molar-refractivity contribution is -0.182. The maximum absolute atomic E-state index is 11.3. The molecule has 14 heavy (non-hydrogen) atoms. The maximum atomic E-state index is 11.3. The average molecular weight is 201 g/mol. The first-order valence-electron chi connectivity index (χ1n) is 4.80. The molecule has 1 aliphatic heterocycles. The minimum absolute atomic E-state index is 0.0403. The number of hydrogen-bond donors (Lipinski definition) is 0. The van der Waals surface area contributed by atoms with Crippen LogP contribution in [0.1, 0.15) is 19.8 Å². The van der Waals surface area contributed by atoms with Crippen molar-refractivity contribution in [3.05, 3.63) is 0 Å². The highest BCUT2D eigenvalue weighted by atomic mass is 16.7. The van der Waals surface area contributed by atoms with Gasteiger partial charge in [-0.05, 0) is 19.8 Å². The number of piperidine rings is 1. The predicted molar refractivity (Wildman–Crippen MR) is 48.1 cm³/mol. The Morgan fingerprint density at radius 3 is 2.64 bits per heavy atom. The molecule has 0 saturated carbocycles. The van der Waals surface area contributed by atoms with Crippen molar-refractivity contribution < 1.29 is 19.2 Å². The van der Waals surface area contributed by atoms with Crippen LogP contribution in [-0.4, -0.2) is 37.2 Å². The van der Waals surface area contributed by atoms with Gasteiger partial charge < -0.3 is 9.57 Å². The number of hydroxylamine groups is 2. The molecule has 1 saturated heterocycles. The summed E-state index contributed by atoms with van der Waals surface area (Å²) >= 11 is 0. The fourth-order valence-electron chi connectivity index (χ4n) is 1.52. The first kappa shape index (κ1) is 11.0. The van der Waals surface area contributed by atoms with Crippen molar-refractivity contribution in [2.24, 2.45) is 5.92 Å². The summed E-state index contributed by atoms with van der Waals surface area (Å²) in [6, 6.07) is 0. The molecule has 80 valence electrons. The van der Waals surface area contributed by atoms with Gasteiger partial charge in [0.1, 0.15) is 0 Å². The van der Waals surface area contributed by atoms with E-state index in [1.807, 2.05) is 0 Å². The second-order valence-electron chi connectivity index (χ2n) is 3.16. The number of esters is 1. The Kier molecular flexibility index (Phi) is 4.39. The summed E-state index contributed by atoms with van der Waals surface area (Å²) in [7, 11) is 0. The minimum atomic E-state index is -0.141. The van der Waals surface area contributed by atoms with Crippen molar-refractivity contribution in [2.75, 3.05) is 19.7 Å². The van der Waals surface area contributed by atoms with Crippen LogP contribution in [0.15, 0.2) is 0 Å². The van der Waals surface area contributed by atoms with Crippen LogP contribution in [0.5, 0.6) is 0 Å². The fraction of sp³-hybridized carbons (Fsp3) is 0.778. The second kappa shape index (κ2) is 5.59. The predicted octanol–water partition coefficient (Wildman–Crippen LogP) is 0.350. The molecule has 0 amide bonds. The summed E-state index contributed by atoms with van der Waals surface area (Å²) in [5.74, 6) is -0.181. The molecule has 0 aromatic heterocycles. The maximum Gasteiger partial charge on any atom is 0.312 e. The van der Waals surface area contributed by atoms with Crippen molar-refractivity contribution in [2.45, 2.75) is 19.8 Å². The molecule has 0 bridgehead atoms. The Hall–Kier alpha value is -1.10. The van der Waals surface area contributed by atoms with Crippen LogP contribution >= 0.6 is 0 Å². The van der Waals surface area contributed by atoms with Gasteiger partial charge in [-0.3, -0.25) is 9.59 Å². The van der Waals surface area contributed by atoms with Gasteiger partial charge >= 0.3 is 12.4 Å². The van der Waals surface area contributed by atoms with Crippen LogP contribution < -0.4 is 0 Å². The summed E-state index contributed by atoms with van der Waals surface area (Å²) in [6.07, 6.45) is 1.37. The first-order valence-corrected chi connectivity index (χ1v) is 4.80. The highest BCUT2D eigenvalue weighted by molar-refractivity contribution is 5.72. The minimum Gasteiger partial charge on any atom is -0.466 e. The number of ether oxygens (including phenoxy) is 1. The zero-order valence-corrected chi connectivity index (χ0v) is 8.27. The van der Waals surface area contributed by atoms with Crippen LogP contribution in [0.3, 0.4) is 0 Å². The van der Waals surface area contributed by atoms with Crippen LogP contribution in [0, 0.1) is 5.92 Å². The van der Waals surface area contributed by atoms with E-state index in [2.05, 4.69) is 4.84 Å². The molecular weight excluding hydrogens is 186 g/mol. The Morgan fingerprint density at radius 1 is 1.50 bits per heavy atom. The summed E-state index contributed by atoms with van der Waals surface area (Å²) in [4.78, 5) is 26.0. The van der Waals surface area contributed by atoms with Crippen LogP contribution in [0.2, 0.25) is 0 Å². The molecule has 0 radical (unpaired) electrons. The number of nitrogens with zero attached hydrogens (tertiary/aromatic N) is 1. The highest BCUT2D eigenvalue weighted by Gasteiger charge is 2.26. The van der Waals surface area contributed by atoms with Gasteiger partial charge in [0.25, 0.3) is 0 Å². The molecule has 1 aliphatic rings. The van der Waals surface area contributed by atoms with Gasteiger partial charge in [0.15, 0.2) is 0 Å². The molecule has 0 aromatic rings. The van der Waals surface area contributed by atoms with Gasteiger partial charge in [-0.2, -0.15) is 0 Å². The molecular formula is C9H15NO4. The molecule has 1 rings (SSSR count). The molecule has 0 aliphatic carbocycles. The lowest BCUT2D eigenvalue weighted by Gasteiger charge is -2.27. The van der Waals surface area contributed by atoms with E-state index in [0.717, 1.165) is 0 Å². The van der Waals surface area contributed by atoms with E-state index < -0.39 is 0 Å². The topological polar surface area (TPSA) is 55.8 Å². The van der Waals surface area contributed by atoms with Crippen LogP contribution in [0.4, 0.5) is 0 Å². The highest BCUT2D eigenvalue weighted by Crippen LogP contribution is 2.18. The summed E-state index contributed by atoms with van der Waals surface area (Å²) in [6.45, 7) is 3.82. The van der Waals surface area contributed by atoms with E-state index >= 15 is 0 Å². The SMILES string of the molecule is CCOC(=O)C1CCN(OC=O)CC1. The van der Waals surface area contributed by atoms with Gasteiger partial charge in [0.05, 0.1) is 12.5 Å². The third-order valence-corrected chi connectivity index (χ3v) is 2.27. The van der Waals surface area contributed by atoms with E-state index in [0.29, 0.717) is 39.0 Å². The number of hydrogen-bond acceptors (Lipinski definition) is 5. The van der Waals surface area contributed by atoms with Gasteiger partial charge in [-0.1, -0.05) is 0 Å². The van der Waals surface area contributed by atoms with Crippen molar-refractivity contribution in [3.8, 4) is 0 Å². The van der Waals surface area contributed by atoms with Crippen molar-refractivity contribution in [3.63, 3.8) is 0 Å². The van der Waals surface area contributed by atoms with Crippen molar-refractivity contribution in [1.29, 1.82) is 0 Å². The summed E-state index contributed by atoms with van der Waals surface area (Å²) in [5.41, 5.74) is 0. The van der Waals surface area contributed by atoms with E-state index in [4.69, 9.17) is 4.74 Å². The molecule has 5 heteroatoms. The Balaban J connectivity index is 2.27. The average Bonchev–Trinajstić information content (AvgIpc) is 2.20. The molecule has 1 fully saturated rings. The molecule has 5 nitrogen and oxygen atoms in total. The molecule has 0 atom stereocenters. The Labute approximate surface area is 82.9 Å². The summed E-state index contributed by atoms with van der Waals surface area (Å²) in [5, 5.41) is 1.56. The van der Waals surface area contributed by atoms with Crippen LogP contribution in [-0.2, 0) is 19.2 Å². The normalized spacial score (nSPS) is 18.9. The zero-order chi connectivity index (χ0) is 10.4. The third-order valence-electron chi connectivity index (χ3n) is 2.27. The number of carbonyl (C=O) groups excluding carboxylic acids is 2. The second-order valence-corrected chi connectivity index (χ2v) is 3.16. The largest absolute Gasteiger partial charge is 0.466 e. The standard InChI is InChI=1S/C9H15NO4/c1-2-13-9(12)8-3-5-10(6-4-8)14-7-11/h7-8H,2-6H2,1H3. The lowest BCUT2D eigenvalue weighted by atomic mass is 9.98. The van der Waals surface area contributed by atoms with Crippen LogP contribution in [0.25, 0.3) is 0 Å². The zero-order valence-electron chi connectivity index (χ0n) is 8.27. The Morgan fingerprint density at radius 2 is 2.14 bits per heavy atom. The van der Waals surface area contributed by atoms with E-state index in [-0.39, 0.29) is 11.9 Å². The quantitative estimate of drug-likeness (QED) is 0.485. The van der Waals surface area contributed by atoms with E-state index in [9.17, 15) is 9.59 Å². The van der Waals surface area contributed by atoms with Gasteiger partial charge in [-0.25, -0.2) is 0 Å². The molecule has 0 spiro atoms. The first-order chi connectivity index (χ1) is 6.77. The smallest absolute Gasteiger partial charge is 0.312 e. The van der Waals surface area contributed by atoms with Gasteiger partial charge in [0, 0.05) is 13.1 Å². The van der Waals surface area contributed by atoms with E-state index in [1.165, 1.54) is 0 Å². The number of rotatable bonds is 4. The molecule has 0 unspecified atom stereocenters. The molecule has 0 N–H and O–H groups in total. The molecule has 0 aromatic carbocycles. The lowest BCUT2D eigenvalue weighted by Crippen LogP contribution is -2.36. The van der Waals surface area contributed by atoms with Gasteiger partial charge in [-0.15, -0.1) is 5.06 Å². The Bertz CT molecular complexity index is 199. The van der Waals surface area contributed by atoms with E-state index in [1.54, 1.807) is 12.0 Å². The molecule has 1 heterocycles. The van der Waals surface area contributed by atoms with Crippen molar-refractivity contribution >= 4 is 12.4 Å². The van der Waals surface area contributed by atoms with Crippen molar-refractivity contribution in [1.82, 2.24) is 5.06 Å². The third kappa shape index (κ3) is 2.99. The number of carbonyl (C=O) groups is 2. The van der Waals surface area contributed by atoms with Gasteiger partial charge in [0.2, 0.25) is 0 Å². The fourth-order valence-corrected chi connectivity index (χ4v) is 1.52. The monoisotopic (exact) mass is 201 g/mol.